The molecule has 8 nitrogen and oxygen atoms in total. The van der Waals surface area contributed by atoms with Crippen molar-refractivity contribution in [2.75, 3.05) is 22.9 Å². The maximum atomic E-state index is 13.6. The van der Waals surface area contributed by atoms with Crippen molar-refractivity contribution < 1.29 is 9.36 Å². The number of hydrogen-bond donors (Lipinski definition) is 0. The van der Waals surface area contributed by atoms with Crippen LogP contribution in [0.5, 0.6) is 0 Å². The second-order valence-electron chi connectivity index (χ2n) is 9.52. The van der Waals surface area contributed by atoms with Crippen LogP contribution in [0.2, 0.25) is 0 Å². The molecule has 3 aromatic carbocycles. The number of likely N-dealkylation sites (N-methyl/N-ethyl adjacent to an activating group) is 1. The van der Waals surface area contributed by atoms with Crippen LogP contribution in [0.4, 0.5) is 17.1 Å². The maximum absolute atomic E-state index is 13.6. The molecule has 0 fully saturated rings. The Labute approximate surface area is 212 Å². The number of aryl methyl sites for hydroxylation is 1. The molecular formula is C29H25N6O2+. The summed E-state index contributed by atoms with van der Waals surface area (Å²) in [7, 11) is 2.02. The number of carbonyl (C=O) groups excluding carboxylic acids is 1. The smallest absolute Gasteiger partial charge is 0.263 e. The molecule has 0 radical (unpaired) electrons. The summed E-state index contributed by atoms with van der Waals surface area (Å²) in [6.07, 6.45) is 9.62. The van der Waals surface area contributed by atoms with Gasteiger partial charge in [0, 0.05) is 46.5 Å². The Hall–Kier alpha value is -4.72. The Bertz CT molecular complexity index is 1890. The average Bonchev–Trinajstić information content (AvgIpc) is 3.64. The van der Waals surface area contributed by atoms with E-state index in [9.17, 15) is 9.59 Å². The summed E-state index contributed by atoms with van der Waals surface area (Å²) in [6.45, 7) is 4.81. The van der Waals surface area contributed by atoms with E-state index in [0.29, 0.717) is 16.6 Å². The van der Waals surface area contributed by atoms with E-state index in [2.05, 4.69) is 46.0 Å². The van der Waals surface area contributed by atoms with Crippen molar-refractivity contribution in [3.05, 3.63) is 95.4 Å². The summed E-state index contributed by atoms with van der Waals surface area (Å²) < 4.78 is 6.02. The normalized spacial score (nSPS) is 13.0. The van der Waals surface area contributed by atoms with Gasteiger partial charge in [0.2, 0.25) is 11.8 Å². The van der Waals surface area contributed by atoms with E-state index >= 15 is 0 Å². The number of imidazole rings is 2. The first-order valence-corrected chi connectivity index (χ1v) is 12.4. The molecular weight excluding hydrogens is 464 g/mol. The van der Waals surface area contributed by atoms with Crippen molar-refractivity contribution in [3.63, 3.8) is 0 Å². The van der Waals surface area contributed by atoms with Crippen LogP contribution in [0, 0.1) is 0 Å². The standard InChI is InChI=1S/C29H25N6O2/c1-3-33(17-16-32-15-14-31(2)18-32)19-4-6-20(7-5-19)35-24-11-10-23-25-21(8-9-22(26(24)25)29(35)37)27(36)28-30-12-13-34(23)28/h4-15,18H,3,16-17H2,1-2H3/q+1. The third kappa shape index (κ3) is 3.08. The highest BCUT2D eigenvalue weighted by molar-refractivity contribution is 6.32. The summed E-state index contributed by atoms with van der Waals surface area (Å²) in [5, 5.41) is 2.23. The number of fused-ring (bicyclic) bond motifs is 2. The van der Waals surface area contributed by atoms with E-state index < -0.39 is 0 Å². The van der Waals surface area contributed by atoms with Crippen molar-refractivity contribution in [1.82, 2.24) is 14.0 Å². The van der Waals surface area contributed by atoms with Gasteiger partial charge >= 0.3 is 0 Å². The zero-order chi connectivity index (χ0) is 25.3. The van der Waals surface area contributed by atoms with Gasteiger partial charge in [-0.2, -0.15) is 0 Å². The number of carbonyl (C=O) groups is 1. The van der Waals surface area contributed by atoms with Crippen LogP contribution in [0.3, 0.4) is 0 Å². The minimum atomic E-state index is -0.121. The molecule has 0 unspecified atom stereocenters. The number of hydrogen-bond acceptors (Lipinski definition) is 4. The van der Waals surface area contributed by atoms with Gasteiger partial charge in [0.1, 0.15) is 18.9 Å². The molecule has 1 aliphatic rings. The molecule has 0 bridgehead atoms. The van der Waals surface area contributed by atoms with Gasteiger partial charge in [0.05, 0.1) is 30.4 Å². The van der Waals surface area contributed by atoms with Crippen molar-refractivity contribution in [1.29, 1.82) is 0 Å². The monoisotopic (exact) mass is 489 g/mol. The molecule has 0 N–H and O–H groups in total. The second-order valence-corrected chi connectivity index (χ2v) is 9.52. The van der Waals surface area contributed by atoms with Crippen LogP contribution in [0.15, 0.2) is 84.4 Å². The maximum Gasteiger partial charge on any atom is 0.263 e. The van der Waals surface area contributed by atoms with Gasteiger partial charge in [0.15, 0.2) is 5.65 Å². The molecule has 0 saturated heterocycles. The fourth-order valence-electron chi connectivity index (χ4n) is 5.64. The van der Waals surface area contributed by atoms with E-state index in [1.807, 2.05) is 46.5 Å². The predicted octanol–water partition coefficient (Wildman–Crippen LogP) is 3.88. The van der Waals surface area contributed by atoms with E-state index in [1.54, 1.807) is 29.4 Å². The van der Waals surface area contributed by atoms with Crippen molar-refractivity contribution in [2.24, 2.45) is 7.05 Å². The minimum absolute atomic E-state index is 0.0804. The van der Waals surface area contributed by atoms with Gasteiger partial charge in [-0.05, 0) is 55.5 Å². The fraction of sp³-hybridized carbons (Fsp3) is 0.172. The number of nitrogens with zero attached hydrogens (tertiary/aromatic N) is 6. The molecule has 0 atom stereocenters. The fourth-order valence-corrected chi connectivity index (χ4v) is 5.64. The summed E-state index contributed by atoms with van der Waals surface area (Å²) in [6, 6.07) is 15.6. The van der Waals surface area contributed by atoms with Crippen LogP contribution >= 0.6 is 0 Å². The van der Waals surface area contributed by atoms with Crippen LogP contribution in [-0.4, -0.2) is 32.9 Å². The first-order valence-electron chi connectivity index (χ1n) is 12.4. The molecule has 0 saturated carbocycles. The molecule has 1 amide bonds. The van der Waals surface area contributed by atoms with Gasteiger partial charge in [-0.3, -0.25) is 18.9 Å². The van der Waals surface area contributed by atoms with Gasteiger partial charge in [-0.1, -0.05) is 0 Å². The van der Waals surface area contributed by atoms with E-state index in [-0.39, 0.29) is 11.3 Å². The summed E-state index contributed by atoms with van der Waals surface area (Å²) in [5.41, 5.74) is 4.50. The Balaban J connectivity index is 1.27. The van der Waals surface area contributed by atoms with Crippen LogP contribution in [-0.2, 0) is 13.6 Å². The Morgan fingerprint density at radius 2 is 1.81 bits per heavy atom. The summed E-state index contributed by atoms with van der Waals surface area (Å²) >= 11 is 0. The highest BCUT2D eigenvalue weighted by Gasteiger charge is 2.33. The third-order valence-corrected chi connectivity index (χ3v) is 7.45. The predicted molar refractivity (Wildman–Crippen MR) is 144 cm³/mol. The topological polar surface area (TPSA) is 66.7 Å². The molecule has 1 aliphatic heterocycles. The van der Waals surface area contributed by atoms with Gasteiger partial charge in [0.25, 0.3) is 5.91 Å². The Morgan fingerprint density at radius 1 is 0.973 bits per heavy atom. The van der Waals surface area contributed by atoms with Gasteiger partial charge < -0.3 is 4.90 Å². The third-order valence-electron chi connectivity index (χ3n) is 7.45. The van der Waals surface area contributed by atoms with Crippen LogP contribution in [0.25, 0.3) is 27.3 Å². The number of anilines is 3. The number of aromatic nitrogens is 4. The highest BCUT2D eigenvalue weighted by Crippen LogP contribution is 2.44. The lowest BCUT2D eigenvalue weighted by Crippen LogP contribution is -2.39. The second kappa shape index (κ2) is 7.89. The van der Waals surface area contributed by atoms with Gasteiger partial charge in [-0.15, -0.1) is 0 Å². The van der Waals surface area contributed by atoms with E-state index in [0.717, 1.165) is 53.0 Å². The van der Waals surface area contributed by atoms with Gasteiger partial charge in [-0.25, -0.2) is 14.1 Å². The number of benzene rings is 3. The highest BCUT2D eigenvalue weighted by atomic mass is 16.2. The van der Waals surface area contributed by atoms with Crippen molar-refractivity contribution >= 4 is 50.3 Å². The quantitative estimate of drug-likeness (QED) is 0.333. The number of pyridine rings is 1. The number of amides is 1. The Morgan fingerprint density at radius 3 is 2.57 bits per heavy atom. The van der Waals surface area contributed by atoms with E-state index in [4.69, 9.17) is 0 Å². The zero-order valence-corrected chi connectivity index (χ0v) is 20.6. The molecule has 7 rings (SSSR count). The van der Waals surface area contributed by atoms with Crippen LogP contribution in [0.1, 0.15) is 17.3 Å². The molecule has 182 valence electrons. The molecule has 0 aliphatic carbocycles. The molecule has 6 aromatic rings. The molecule has 4 heterocycles. The lowest BCUT2D eigenvalue weighted by atomic mass is 10.00. The molecule has 37 heavy (non-hydrogen) atoms. The first kappa shape index (κ1) is 21.6. The lowest BCUT2D eigenvalue weighted by Gasteiger charge is -2.24. The SMILES string of the molecule is CCN(CC[n+]1ccn(C)c1)c1ccc(N2C(=O)c3ccc4c(=O)c5nccn5c5ccc2c3c45)cc1. The number of rotatable bonds is 6. The lowest BCUT2D eigenvalue weighted by molar-refractivity contribution is -0.693. The Kier molecular flexibility index (Phi) is 4.60. The largest absolute Gasteiger partial charge is 0.368 e. The average molecular weight is 490 g/mol. The molecule has 0 spiro atoms. The minimum Gasteiger partial charge on any atom is -0.368 e. The summed E-state index contributed by atoms with van der Waals surface area (Å²) in [4.78, 5) is 35.1. The van der Waals surface area contributed by atoms with E-state index in [1.165, 1.54) is 0 Å². The van der Waals surface area contributed by atoms with Crippen LogP contribution < -0.4 is 19.8 Å². The molecule has 8 heteroatoms. The zero-order valence-electron chi connectivity index (χ0n) is 20.6. The molecule has 3 aromatic heterocycles. The van der Waals surface area contributed by atoms with Crippen molar-refractivity contribution in [3.8, 4) is 0 Å². The first-order chi connectivity index (χ1) is 18.0. The summed E-state index contributed by atoms with van der Waals surface area (Å²) in [5.74, 6) is -0.0804. The van der Waals surface area contributed by atoms with Crippen molar-refractivity contribution in [2.45, 2.75) is 13.5 Å².